The lowest BCUT2D eigenvalue weighted by Gasteiger charge is -2.47. The minimum absolute atomic E-state index is 0.00671. The Morgan fingerprint density at radius 3 is 2.37 bits per heavy atom. The molecule has 9 rings (SSSR count). The topological polar surface area (TPSA) is 181 Å². The predicted molar refractivity (Wildman–Crippen MR) is 219 cm³/mol. The summed E-state index contributed by atoms with van der Waals surface area (Å²) in [6.45, 7) is 4.41. The van der Waals surface area contributed by atoms with E-state index < -0.39 is 53.1 Å². The summed E-state index contributed by atoms with van der Waals surface area (Å²) in [4.78, 5) is 55.7. The molecular formula is C44H45F3N10O5. The molecule has 2 aromatic carbocycles. The van der Waals surface area contributed by atoms with Gasteiger partial charge in [-0.05, 0) is 88.4 Å². The van der Waals surface area contributed by atoms with Crippen LogP contribution in [0.3, 0.4) is 0 Å². The molecule has 4 amide bonds. The molecule has 4 aliphatic rings. The molecule has 4 fully saturated rings. The lowest BCUT2D eigenvalue weighted by Crippen LogP contribution is -2.61. The summed E-state index contributed by atoms with van der Waals surface area (Å²) in [6, 6.07) is 12.9. The van der Waals surface area contributed by atoms with Gasteiger partial charge in [-0.2, -0.15) is 15.5 Å². The molecule has 3 aromatic heterocycles. The second kappa shape index (κ2) is 15.9. The second-order valence-corrected chi connectivity index (χ2v) is 17.3. The summed E-state index contributed by atoms with van der Waals surface area (Å²) in [5, 5.41) is 35.3. The number of benzene rings is 2. The van der Waals surface area contributed by atoms with Gasteiger partial charge in [0.15, 0.2) is 6.30 Å². The Balaban J connectivity index is 0.792. The van der Waals surface area contributed by atoms with E-state index in [1.165, 1.54) is 10.7 Å². The average Bonchev–Trinajstić information content (AvgIpc) is 3.84. The number of amides is 4. The van der Waals surface area contributed by atoms with E-state index in [9.17, 15) is 29.5 Å². The van der Waals surface area contributed by atoms with Crippen molar-refractivity contribution in [3.05, 3.63) is 88.9 Å². The van der Waals surface area contributed by atoms with Gasteiger partial charge in [0, 0.05) is 72.7 Å². The van der Waals surface area contributed by atoms with Crippen molar-refractivity contribution >= 4 is 51.4 Å². The number of hydrogen-bond acceptors (Lipinski definition) is 10. The monoisotopic (exact) mass is 850 g/mol. The van der Waals surface area contributed by atoms with Gasteiger partial charge in [-0.15, -0.1) is 0 Å². The molecule has 15 nitrogen and oxygen atoms in total. The second-order valence-electron chi connectivity index (χ2n) is 17.3. The normalized spacial score (nSPS) is 22.7. The first-order valence-corrected chi connectivity index (χ1v) is 20.9. The lowest BCUT2D eigenvalue weighted by atomic mass is 9.89. The van der Waals surface area contributed by atoms with Crippen LogP contribution in [0.4, 0.5) is 24.5 Å². The standard InChI is InChI=1S/C44H45F3N10O5/c1-44(2,62)32-17-35-25(14-36(32)50-42(60)37-9-7-29-13-24(18-48)19-49-57(29)37)22-56(52-35)28-5-3-27(4-6-28)55-12-11-53(23-38(55)47)43(61)26-20-54(21-26)30-15-33(45)40(34(46)16-30)31-8-10-39(58)51-41(31)59/h7,9,13-17,19,22,26-28,31,38,62H,3-6,8,10-12,20-21,23H2,1-2H3,(H,50,60)(H,51,58,59)/t27?,28?,31-,38-/m1/s1. The quantitative estimate of drug-likeness (QED) is 0.144. The number of alkyl halides is 1. The Morgan fingerprint density at radius 2 is 1.69 bits per heavy atom. The van der Waals surface area contributed by atoms with E-state index in [0.717, 1.165) is 43.2 Å². The maximum Gasteiger partial charge on any atom is 0.274 e. The zero-order chi connectivity index (χ0) is 43.6. The van der Waals surface area contributed by atoms with E-state index in [1.54, 1.807) is 54.0 Å². The number of halogens is 3. The van der Waals surface area contributed by atoms with Gasteiger partial charge in [-0.25, -0.2) is 17.7 Å². The van der Waals surface area contributed by atoms with Crippen molar-refractivity contribution in [2.75, 3.05) is 42.9 Å². The molecule has 5 aromatic rings. The van der Waals surface area contributed by atoms with Gasteiger partial charge in [0.2, 0.25) is 17.7 Å². The van der Waals surface area contributed by atoms with Crippen molar-refractivity contribution in [3.8, 4) is 6.07 Å². The van der Waals surface area contributed by atoms with E-state index in [1.807, 2.05) is 21.8 Å². The van der Waals surface area contributed by atoms with Gasteiger partial charge in [-0.3, -0.25) is 34.1 Å². The van der Waals surface area contributed by atoms with Crippen molar-refractivity contribution in [3.63, 3.8) is 0 Å². The predicted octanol–water partition coefficient (Wildman–Crippen LogP) is 4.89. The highest BCUT2D eigenvalue weighted by atomic mass is 19.1. The van der Waals surface area contributed by atoms with Gasteiger partial charge in [0.25, 0.3) is 5.91 Å². The number of anilines is 2. The fraction of sp³-hybridized carbons (Fsp3) is 0.432. The Hall–Kier alpha value is -6.32. The maximum atomic E-state index is 15.8. The average molecular weight is 851 g/mol. The third-order valence-electron chi connectivity index (χ3n) is 12.9. The lowest BCUT2D eigenvalue weighted by molar-refractivity contribution is -0.143. The van der Waals surface area contributed by atoms with Crippen LogP contribution in [-0.4, -0.2) is 103 Å². The summed E-state index contributed by atoms with van der Waals surface area (Å²) in [5.74, 6) is -5.15. The molecule has 3 saturated heterocycles. The van der Waals surface area contributed by atoms with E-state index >= 15 is 13.2 Å². The number of carbonyl (C=O) groups is 4. The van der Waals surface area contributed by atoms with Crippen molar-refractivity contribution < 1.29 is 37.5 Å². The summed E-state index contributed by atoms with van der Waals surface area (Å²) in [7, 11) is 0. The van der Waals surface area contributed by atoms with Gasteiger partial charge >= 0.3 is 0 Å². The van der Waals surface area contributed by atoms with Gasteiger partial charge in [0.1, 0.15) is 23.4 Å². The van der Waals surface area contributed by atoms with Gasteiger partial charge in [-0.1, -0.05) is 0 Å². The minimum atomic E-state index is -1.34. The van der Waals surface area contributed by atoms with E-state index in [-0.39, 0.29) is 67.4 Å². The molecule has 3 N–H and O–H groups in total. The molecule has 3 aliphatic heterocycles. The molecule has 0 unspecified atom stereocenters. The van der Waals surface area contributed by atoms with Crippen LogP contribution in [0.15, 0.2) is 54.9 Å². The first kappa shape index (κ1) is 41.1. The summed E-state index contributed by atoms with van der Waals surface area (Å²) in [5.41, 5.74) is 1.35. The maximum absolute atomic E-state index is 15.8. The SMILES string of the molecule is CC(C)(O)c1cc2nn(C3CCC(N4CCN(C(=O)C5CN(c6cc(F)c([C@H]7CCC(=O)NC7=O)c(F)c6)C5)C[C@@H]4F)CC3)cc2cc1NC(=O)c1ccc2cc(C#N)cnn12. The number of hydrogen-bond donors (Lipinski definition) is 3. The first-order chi connectivity index (χ1) is 29.6. The number of imide groups is 1. The van der Waals surface area contributed by atoms with Gasteiger partial charge < -0.3 is 20.2 Å². The molecule has 1 saturated carbocycles. The number of rotatable bonds is 8. The highest BCUT2D eigenvalue weighted by Crippen LogP contribution is 2.38. The molecule has 18 heteroatoms. The molecule has 1 aliphatic carbocycles. The highest BCUT2D eigenvalue weighted by Gasteiger charge is 2.42. The number of piperazine rings is 1. The zero-order valence-electron chi connectivity index (χ0n) is 34.2. The van der Waals surface area contributed by atoms with E-state index in [4.69, 9.17) is 5.10 Å². The number of nitrogens with one attached hydrogen (secondary N) is 2. The number of carbonyl (C=O) groups excluding carboxylic acids is 4. The number of piperidine rings is 1. The summed E-state index contributed by atoms with van der Waals surface area (Å²) < 4.78 is 49.4. The summed E-state index contributed by atoms with van der Waals surface area (Å²) in [6.07, 6.45) is 4.95. The highest BCUT2D eigenvalue weighted by molar-refractivity contribution is 6.05. The first-order valence-electron chi connectivity index (χ1n) is 20.9. The molecule has 6 heterocycles. The molecule has 0 radical (unpaired) electrons. The molecule has 62 heavy (non-hydrogen) atoms. The third-order valence-corrected chi connectivity index (χ3v) is 12.9. The molecule has 2 atom stereocenters. The fourth-order valence-corrected chi connectivity index (χ4v) is 9.49. The Labute approximate surface area is 354 Å². The number of nitrogens with zero attached hydrogens (tertiary/aromatic N) is 8. The van der Waals surface area contributed by atoms with Crippen molar-refractivity contribution in [2.24, 2.45) is 5.92 Å². The Bertz CT molecular complexity index is 2650. The number of nitriles is 1. The van der Waals surface area contributed by atoms with Crippen LogP contribution in [0, 0.1) is 28.9 Å². The third kappa shape index (κ3) is 7.64. The van der Waals surface area contributed by atoms with Crippen LogP contribution in [-0.2, 0) is 20.0 Å². The van der Waals surface area contributed by atoms with Crippen LogP contribution in [0.25, 0.3) is 16.4 Å². The zero-order valence-corrected chi connectivity index (χ0v) is 34.2. The molecule has 0 bridgehead atoms. The number of aromatic nitrogens is 4. The van der Waals surface area contributed by atoms with Crippen molar-refractivity contribution in [2.45, 2.75) is 82.3 Å². The molecular weight excluding hydrogens is 806 g/mol. The summed E-state index contributed by atoms with van der Waals surface area (Å²) >= 11 is 0. The molecule has 0 spiro atoms. The van der Waals surface area contributed by atoms with Crippen LogP contribution >= 0.6 is 0 Å². The minimum Gasteiger partial charge on any atom is -0.386 e. The van der Waals surface area contributed by atoms with Crippen LogP contribution in [0.5, 0.6) is 0 Å². The fourth-order valence-electron chi connectivity index (χ4n) is 9.49. The van der Waals surface area contributed by atoms with Crippen LogP contribution in [0.2, 0.25) is 0 Å². The smallest absolute Gasteiger partial charge is 0.274 e. The Kier molecular flexibility index (Phi) is 10.5. The van der Waals surface area contributed by atoms with E-state index in [2.05, 4.69) is 15.7 Å². The van der Waals surface area contributed by atoms with E-state index in [0.29, 0.717) is 40.9 Å². The van der Waals surface area contributed by atoms with Crippen molar-refractivity contribution in [1.82, 2.24) is 34.5 Å². The Morgan fingerprint density at radius 1 is 0.968 bits per heavy atom. The van der Waals surface area contributed by atoms with Gasteiger partial charge in [0.05, 0.1) is 52.8 Å². The van der Waals surface area contributed by atoms with Crippen LogP contribution in [0.1, 0.15) is 91.5 Å². The molecule has 322 valence electrons. The number of aliphatic hydroxyl groups is 1. The van der Waals surface area contributed by atoms with Crippen LogP contribution < -0.4 is 15.5 Å². The number of fused-ring (bicyclic) bond motifs is 2. The largest absolute Gasteiger partial charge is 0.386 e. The van der Waals surface area contributed by atoms with Crippen molar-refractivity contribution in [1.29, 1.82) is 5.26 Å².